The highest BCUT2D eigenvalue weighted by Gasteiger charge is 2.10. The molecule has 1 amide bonds. The highest BCUT2D eigenvalue weighted by Crippen LogP contribution is 2.08. The summed E-state index contributed by atoms with van der Waals surface area (Å²) in [6, 6.07) is 4.08. The molecule has 0 aliphatic rings. The minimum absolute atomic E-state index is 0. The number of hydrogen-bond acceptors (Lipinski definition) is 4. The lowest BCUT2D eigenvalue weighted by Crippen LogP contribution is -2.33. The van der Waals surface area contributed by atoms with Crippen LogP contribution in [0, 0.1) is 0 Å². The van der Waals surface area contributed by atoms with Crippen molar-refractivity contribution in [3.8, 4) is 0 Å². The van der Waals surface area contributed by atoms with Gasteiger partial charge in [0, 0.05) is 25.1 Å². The number of carbonyl (C=O) groups is 1. The number of nitrogens with one attached hydrogen (secondary N) is 1. The van der Waals surface area contributed by atoms with Crippen molar-refractivity contribution in [1.29, 1.82) is 0 Å². The smallest absolute Gasteiger partial charge is 0.222 e. The van der Waals surface area contributed by atoms with Crippen molar-refractivity contribution in [1.82, 2.24) is 5.32 Å². The Kier molecular flexibility index (Phi) is 9.07. The van der Waals surface area contributed by atoms with Crippen LogP contribution in [0.2, 0.25) is 0 Å². The summed E-state index contributed by atoms with van der Waals surface area (Å²) in [5.41, 5.74) is 5.43. The second-order valence-electron chi connectivity index (χ2n) is 3.48. The van der Waals surface area contributed by atoms with Gasteiger partial charge in [-0.05, 0) is 17.9 Å². The van der Waals surface area contributed by atoms with Gasteiger partial charge in [-0.25, -0.2) is 0 Å². The molecule has 0 bridgehead atoms. The number of hydrogen-bond donors (Lipinski definition) is 2. The second-order valence-corrected chi connectivity index (χ2v) is 4.51. The van der Waals surface area contributed by atoms with E-state index in [2.05, 4.69) is 11.4 Å². The van der Waals surface area contributed by atoms with E-state index in [-0.39, 0.29) is 24.4 Å². The summed E-state index contributed by atoms with van der Waals surface area (Å²) in [5, 5.41) is 4.89. The lowest BCUT2D eigenvalue weighted by molar-refractivity contribution is -0.123. The van der Waals surface area contributed by atoms with E-state index in [0.29, 0.717) is 19.5 Å². The topological polar surface area (TPSA) is 64.3 Å². The van der Waals surface area contributed by atoms with Gasteiger partial charge in [0.05, 0.1) is 12.5 Å². The summed E-state index contributed by atoms with van der Waals surface area (Å²) in [4.78, 5) is 12.7. The lowest BCUT2D eigenvalue weighted by atomic mass is 10.2. The molecule has 1 heterocycles. The van der Waals surface area contributed by atoms with Crippen molar-refractivity contribution >= 4 is 29.7 Å². The van der Waals surface area contributed by atoms with Gasteiger partial charge in [0.25, 0.3) is 0 Å². The van der Waals surface area contributed by atoms with E-state index in [9.17, 15) is 4.79 Å². The van der Waals surface area contributed by atoms with Gasteiger partial charge in [0.15, 0.2) is 0 Å². The van der Waals surface area contributed by atoms with E-state index < -0.39 is 0 Å². The van der Waals surface area contributed by atoms with Crippen LogP contribution in [-0.2, 0) is 16.0 Å². The number of amides is 1. The molecule has 0 aromatic carbocycles. The molecule has 3 N–H and O–H groups in total. The minimum atomic E-state index is -0.179. The molecular formula is C11H19ClN2O2S. The molecule has 4 nitrogen and oxygen atoms in total. The van der Waals surface area contributed by atoms with Gasteiger partial charge >= 0.3 is 0 Å². The highest BCUT2D eigenvalue weighted by atomic mass is 35.5. The van der Waals surface area contributed by atoms with Crippen molar-refractivity contribution < 1.29 is 9.53 Å². The van der Waals surface area contributed by atoms with E-state index >= 15 is 0 Å². The first-order valence-corrected chi connectivity index (χ1v) is 6.16. The molecule has 1 rings (SSSR count). The van der Waals surface area contributed by atoms with Gasteiger partial charge in [0.1, 0.15) is 0 Å². The molecule has 1 unspecified atom stereocenters. The Balaban J connectivity index is 0.00000256. The van der Waals surface area contributed by atoms with Crippen LogP contribution in [0.15, 0.2) is 17.5 Å². The fourth-order valence-electron chi connectivity index (χ4n) is 1.32. The SMILES string of the molecule is COC(CN)CC(=O)NCCc1cccs1.Cl. The van der Waals surface area contributed by atoms with Crippen molar-refractivity contribution in [2.24, 2.45) is 5.73 Å². The Labute approximate surface area is 112 Å². The first-order chi connectivity index (χ1) is 7.76. The van der Waals surface area contributed by atoms with Gasteiger partial charge < -0.3 is 15.8 Å². The molecule has 1 aromatic rings. The third kappa shape index (κ3) is 6.63. The summed E-state index contributed by atoms with van der Waals surface area (Å²) < 4.78 is 5.04. The molecule has 0 spiro atoms. The van der Waals surface area contributed by atoms with Crippen LogP contribution in [0.25, 0.3) is 0 Å². The summed E-state index contributed by atoms with van der Waals surface area (Å²) in [5.74, 6) is -0.00569. The molecule has 1 atom stereocenters. The minimum Gasteiger partial charge on any atom is -0.380 e. The predicted molar refractivity (Wildman–Crippen MR) is 72.7 cm³/mol. The third-order valence-corrected chi connectivity index (χ3v) is 3.22. The van der Waals surface area contributed by atoms with E-state index in [1.54, 1.807) is 18.4 Å². The molecule has 0 aliphatic heterocycles. The number of methoxy groups -OCH3 is 1. The monoisotopic (exact) mass is 278 g/mol. The summed E-state index contributed by atoms with van der Waals surface area (Å²) in [6.07, 6.45) is 1.03. The molecule has 6 heteroatoms. The second kappa shape index (κ2) is 9.41. The Morgan fingerprint density at radius 1 is 1.65 bits per heavy atom. The Morgan fingerprint density at radius 3 is 2.94 bits per heavy atom. The number of thiophene rings is 1. The Hall–Kier alpha value is -0.620. The zero-order valence-corrected chi connectivity index (χ0v) is 11.5. The Morgan fingerprint density at radius 2 is 2.41 bits per heavy atom. The lowest BCUT2D eigenvalue weighted by Gasteiger charge is -2.12. The molecule has 0 radical (unpaired) electrons. The third-order valence-electron chi connectivity index (χ3n) is 2.28. The quantitative estimate of drug-likeness (QED) is 0.788. The average Bonchev–Trinajstić information content (AvgIpc) is 2.79. The molecule has 0 saturated heterocycles. The Bertz CT molecular complexity index is 302. The molecule has 98 valence electrons. The largest absolute Gasteiger partial charge is 0.380 e. The summed E-state index contributed by atoms with van der Waals surface area (Å²) >= 11 is 1.70. The fraction of sp³-hybridized carbons (Fsp3) is 0.545. The molecule has 0 aliphatic carbocycles. The zero-order chi connectivity index (χ0) is 11.8. The van der Waals surface area contributed by atoms with E-state index in [0.717, 1.165) is 6.42 Å². The molecule has 1 aromatic heterocycles. The van der Waals surface area contributed by atoms with Gasteiger partial charge in [-0.3, -0.25) is 4.79 Å². The van der Waals surface area contributed by atoms with Crippen molar-refractivity contribution in [3.63, 3.8) is 0 Å². The molecular weight excluding hydrogens is 260 g/mol. The first-order valence-electron chi connectivity index (χ1n) is 5.28. The van der Waals surface area contributed by atoms with Crippen LogP contribution in [0.4, 0.5) is 0 Å². The number of carbonyl (C=O) groups excluding carboxylic acids is 1. The number of ether oxygens (including phenoxy) is 1. The van der Waals surface area contributed by atoms with Crippen LogP contribution < -0.4 is 11.1 Å². The number of rotatable bonds is 7. The maximum absolute atomic E-state index is 11.5. The highest BCUT2D eigenvalue weighted by molar-refractivity contribution is 7.09. The van der Waals surface area contributed by atoms with Crippen molar-refractivity contribution in [3.05, 3.63) is 22.4 Å². The van der Waals surface area contributed by atoms with Crippen LogP contribution in [-0.4, -0.2) is 32.2 Å². The standard InChI is InChI=1S/C11H18N2O2S.ClH/c1-15-9(8-12)7-11(14)13-5-4-10-3-2-6-16-10;/h2-3,6,9H,4-5,7-8,12H2,1H3,(H,13,14);1H. The molecule has 0 fully saturated rings. The summed E-state index contributed by atoms with van der Waals surface area (Å²) in [6.45, 7) is 1.04. The van der Waals surface area contributed by atoms with Gasteiger partial charge in [-0.15, -0.1) is 23.7 Å². The maximum atomic E-state index is 11.5. The maximum Gasteiger partial charge on any atom is 0.222 e. The van der Waals surface area contributed by atoms with Gasteiger partial charge in [-0.1, -0.05) is 6.07 Å². The zero-order valence-electron chi connectivity index (χ0n) is 9.85. The average molecular weight is 279 g/mol. The van der Waals surface area contributed by atoms with Gasteiger partial charge in [-0.2, -0.15) is 0 Å². The normalized spacial score (nSPS) is 11.6. The number of halogens is 1. The van der Waals surface area contributed by atoms with Crippen LogP contribution in [0.3, 0.4) is 0 Å². The van der Waals surface area contributed by atoms with Crippen LogP contribution >= 0.6 is 23.7 Å². The van der Waals surface area contributed by atoms with Crippen molar-refractivity contribution in [2.45, 2.75) is 18.9 Å². The van der Waals surface area contributed by atoms with E-state index in [4.69, 9.17) is 10.5 Å². The first kappa shape index (κ1) is 16.4. The van der Waals surface area contributed by atoms with E-state index in [1.165, 1.54) is 4.88 Å². The van der Waals surface area contributed by atoms with Gasteiger partial charge in [0.2, 0.25) is 5.91 Å². The summed E-state index contributed by atoms with van der Waals surface area (Å²) in [7, 11) is 1.57. The van der Waals surface area contributed by atoms with Crippen LogP contribution in [0.5, 0.6) is 0 Å². The molecule has 0 saturated carbocycles. The number of nitrogens with two attached hydrogens (primary N) is 1. The predicted octanol–water partition coefficient (Wildman–Crippen LogP) is 1.19. The molecule has 17 heavy (non-hydrogen) atoms. The van der Waals surface area contributed by atoms with Crippen molar-refractivity contribution in [2.75, 3.05) is 20.2 Å². The van der Waals surface area contributed by atoms with E-state index in [1.807, 2.05) is 11.4 Å². The van der Waals surface area contributed by atoms with Crippen LogP contribution in [0.1, 0.15) is 11.3 Å². The fourth-order valence-corrected chi connectivity index (χ4v) is 2.03.